The molecule has 2 heterocycles. The number of imidazole rings is 1. The summed E-state index contributed by atoms with van der Waals surface area (Å²) in [7, 11) is 0. The molecule has 3 rings (SSSR count). The van der Waals surface area contributed by atoms with Crippen LogP contribution in [0.5, 0.6) is 0 Å². The van der Waals surface area contributed by atoms with Crippen molar-refractivity contribution in [1.82, 2.24) is 14.7 Å². The first-order chi connectivity index (χ1) is 10.5. The van der Waals surface area contributed by atoms with Gasteiger partial charge in [-0.2, -0.15) is 0 Å². The molecule has 3 aromatic rings. The smallest absolute Gasteiger partial charge is 0.270 e. The Hall–Kier alpha value is -2.04. The van der Waals surface area contributed by atoms with Crippen molar-refractivity contribution in [3.8, 4) is 0 Å². The minimum absolute atomic E-state index is 0.178. The standard InChI is InChI=1S/C16H13Cl2N3O/c1-10-15(21-7-6-13(18)8-14(21)20-10)16(22)19-9-11-2-4-12(17)5-3-11/h2-8H,9H2,1H3,(H,19,22). The first kappa shape index (κ1) is 14.9. The summed E-state index contributed by atoms with van der Waals surface area (Å²) in [5.41, 5.74) is 2.81. The monoisotopic (exact) mass is 333 g/mol. The van der Waals surface area contributed by atoms with E-state index < -0.39 is 0 Å². The van der Waals surface area contributed by atoms with Gasteiger partial charge in [-0.3, -0.25) is 9.20 Å². The summed E-state index contributed by atoms with van der Waals surface area (Å²) in [5, 5.41) is 4.15. The van der Waals surface area contributed by atoms with Crippen molar-refractivity contribution in [3.05, 3.63) is 69.6 Å². The van der Waals surface area contributed by atoms with E-state index in [1.165, 1.54) is 0 Å². The van der Waals surface area contributed by atoms with Crippen LogP contribution in [0.1, 0.15) is 21.7 Å². The molecule has 1 amide bonds. The largest absolute Gasteiger partial charge is 0.347 e. The number of halogens is 2. The van der Waals surface area contributed by atoms with Crippen molar-refractivity contribution >= 4 is 34.8 Å². The Morgan fingerprint density at radius 3 is 2.64 bits per heavy atom. The highest BCUT2D eigenvalue weighted by Gasteiger charge is 2.16. The number of benzene rings is 1. The van der Waals surface area contributed by atoms with E-state index in [-0.39, 0.29) is 5.91 Å². The van der Waals surface area contributed by atoms with Crippen LogP contribution in [0, 0.1) is 6.92 Å². The molecule has 4 nitrogen and oxygen atoms in total. The lowest BCUT2D eigenvalue weighted by molar-refractivity contribution is 0.0944. The number of amides is 1. The molecule has 2 aromatic heterocycles. The Balaban J connectivity index is 1.83. The van der Waals surface area contributed by atoms with Crippen molar-refractivity contribution in [1.29, 1.82) is 0 Å². The number of hydrogen-bond donors (Lipinski definition) is 1. The van der Waals surface area contributed by atoms with E-state index in [0.717, 1.165) is 5.56 Å². The maximum absolute atomic E-state index is 12.4. The molecule has 0 aliphatic heterocycles. The maximum atomic E-state index is 12.4. The van der Waals surface area contributed by atoms with Gasteiger partial charge in [0.05, 0.1) is 5.69 Å². The highest BCUT2D eigenvalue weighted by molar-refractivity contribution is 6.31. The van der Waals surface area contributed by atoms with E-state index >= 15 is 0 Å². The predicted octanol–water partition coefficient (Wildman–Crippen LogP) is 3.88. The van der Waals surface area contributed by atoms with E-state index in [0.29, 0.717) is 33.6 Å². The second-order valence-corrected chi connectivity index (χ2v) is 5.80. The highest BCUT2D eigenvalue weighted by Crippen LogP contribution is 2.17. The summed E-state index contributed by atoms with van der Waals surface area (Å²) in [4.78, 5) is 16.8. The molecule has 1 N–H and O–H groups in total. The van der Waals surface area contributed by atoms with Crippen molar-refractivity contribution < 1.29 is 4.79 Å². The van der Waals surface area contributed by atoms with Crippen molar-refractivity contribution in [2.75, 3.05) is 0 Å². The van der Waals surface area contributed by atoms with Gasteiger partial charge in [0, 0.05) is 28.9 Å². The van der Waals surface area contributed by atoms with Gasteiger partial charge in [0.25, 0.3) is 5.91 Å². The van der Waals surface area contributed by atoms with E-state index in [9.17, 15) is 4.79 Å². The topological polar surface area (TPSA) is 46.4 Å². The fourth-order valence-corrected chi connectivity index (χ4v) is 2.56. The Morgan fingerprint density at radius 2 is 1.91 bits per heavy atom. The van der Waals surface area contributed by atoms with Crippen LogP contribution in [0.2, 0.25) is 10.0 Å². The fraction of sp³-hybridized carbons (Fsp3) is 0.125. The van der Waals surface area contributed by atoms with Crippen LogP contribution in [0.15, 0.2) is 42.6 Å². The molecule has 112 valence electrons. The van der Waals surface area contributed by atoms with Gasteiger partial charge in [-0.05, 0) is 30.7 Å². The number of nitrogens with one attached hydrogen (secondary N) is 1. The zero-order valence-corrected chi connectivity index (χ0v) is 13.3. The Morgan fingerprint density at radius 1 is 1.18 bits per heavy atom. The molecule has 0 radical (unpaired) electrons. The molecule has 6 heteroatoms. The van der Waals surface area contributed by atoms with Crippen LogP contribution >= 0.6 is 23.2 Å². The molecule has 0 saturated carbocycles. The summed E-state index contributed by atoms with van der Waals surface area (Å²) in [5.74, 6) is -0.178. The van der Waals surface area contributed by atoms with E-state index in [1.54, 1.807) is 41.8 Å². The molecule has 0 spiro atoms. The molecule has 0 aliphatic rings. The summed E-state index contributed by atoms with van der Waals surface area (Å²) in [6.07, 6.45) is 1.74. The van der Waals surface area contributed by atoms with Gasteiger partial charge < -0.3 is 5.32 Å². The Bertz CT molecular complexity index is 840. The minimum atomic E-state index is -0.178. The quantitative estimate of drug-likeness (QED) is 0.790. The second kappa shape index (κ2) is 5.99. The van der Waals surface area contributed by atoms with Gasteiger partial charge in [-0.1, -0.05) is 35.3 Å². The molecule has 0 fully saturated rings. The fourth-order valence-electron chi connectivity index (χ4n) is 2.28. The number of carbonyl (C=O) groups is 1. The van der Waals surface area contributed by atoms with Gasteiger partial charge >= 0.3 is 0 Å². The van der Waals surface area contributed by atoms with Gasteiger partial charge in [0.1, 0.15) is 11.3 Å². The predicted molar refractivity (Wildman–Crippen MR) is 87.6 cm³/mol. The third-order valence-electron chi connectivity index (χ3n) is 3.34. The molecular weight excluding hydrogens is 321 g/mol. The number of carbonyl (C=O) groups excluding carboxylic acids is 1. The maximum Gasteiger partial charge on any atom is 0.270 e. The molecule has 22 heavy (non-hydrogen) atoms. The number of hydrogen-bond acceptors (Lipinski definition) is 2. The van der Waals surface area contributed by atoms with Crippen LogP contribution in [-0.2, 0) is 6.54 Å². The number of aromatic nitrogens is 2. The SMILES string of the molecule is Cc1nc2cc(Cl)ccn2c1C(=O)NCc1ccc(Cl)cc1. The first-order valence-electron chi connectivity index (χ1n) is 6.71. The zero-order chi connectivity index (χ0) is 15.7. The van der Waals surface area contributed by atoms with E-state index in [1.807, 2.05) is 12.1 Å². The lowest BCUT2D eigenvalue weighted by Gasteiger charge is -2.06. The lowest BCUT2D eigenvalue weighted by atomic mass is 10.2. The summed E-state index contributed by atoms with van der Waals surface area (Å²) in [6, 6.07) is 10.8. The van der Waals surface area contributed by atoms with Gasteiger partial charge in [-0.15, -0.1) is 0 Å². The van der Waals surface area contributed by atoms with E-state index in [4.69, 9.17) is 23.2 Å². The van der Waals surface area contributed by atoms with E-state index in [2.05, 4.69) is 10.3 Å². The number of pyridine rings is 1. The van der Waals surface area contributed by atoms with Crippen molar-refractivity contribution in [2.24, 2.45) is 0 Å². The molecule has 0 unspecified atom stereocenters. The average Bonchev–Trinajstić information content (AvgIpc) is 2.81. The molecule has 1 aromatic carbocycles. The number of nitrogens with zero attached hydrogens (tertiary/aromatic N) is 2. The highest BCUT2D eigenvalue weighted by atomic mass is 35.5. The summed E-state index contributed by atoms with van der Waals surface area (Å²) < 4.78 is 1.73. The Kier molecular flexibility index (Phi) is 4.05. The molecule has 0 saturated heterocycles. The average molecular weight is 334 g/mol. The molecular formula is C16H13Cl2N3O. The third-order valence-corrected chi connectivity index (χ3v) is 3.83. The number of fused-ring (bicyclic) bond motifs is 1. The first-order valence-corrected chi connectivity index (χ1v) is 7.47. The molecule has 0 aliphatic carbocycles. The van der Waals surface area contributed by atoms with Crippen LogP contribution in [0.25, 0.3) is 5.65 Å². The van der Waals surface area contributed by atoms with Gasteiger partial charge in [0.2, 0.25) is 0 Å². The summed E-state index contributed by atoms with van der Waals surface area (Å²) >= 11 is 11.8. The molecule has 0 atom stereocenters. The van der Waals surface area contributed by atoms with Crippen LogP contribution in [0.4, 0.5) is 0 Å². The van der Waals surface area contributed by atoms with Crippen LogP contribution in [-0.4, -0.2) is 15.3 Å². The minimum Gasteiger partial charge on any atom is -0.347 e. The third kappa shape index (κ3) is 2.93. The van der Waals surface area contributed by atoms with Crippen LogP contribution < -0.4 is 5.32 Å². The number of rotatable bonds is 3. The number of aryl methyl sites for hydroxylation is 1. The van der Waals surface area contributed by atoms with Crippen molar-refractivity contribution in [3.63, 3.8) is 0 Å². The lowest BCUT2D eigenvalue weighted by Crippen LogP contribution is -2.24. The van der Waals surface area contributed by atoms with Crippen molar-refractivity contribution in [2.45, 2.75) is 13.5 Å². The summed E-state index contributed by atoms with van der Waals surface area (Å²) in [6.45, 7) is 2.23. The van der Waals surface area contributed by atoms with Gasteiger partial charge in [0.15, 0.2) is 0 Å². The molecule has 0 bridgehead atoms. The normalized spacial score (nSPS) is 10.9. The zero-order valence-electron chi connectivity index (χ0n) is 11.8. The van der Waals surface area contributed by atoms with Crippen LogP contribution in [0.3, 0.4) is 0 Å². The second-order valence-electron chi connectivity index (χ2n) is 4.93. The Labute approximate surface area is 137 Å². The van der Waals surface area contributed by atoms with Gasteiger partial charge in [-0.25, -0.2) is 4.98 Å².